The number of amides is 1. The van der Waals surface area contributed by atoms with Crippen molar-refractivity contribution in [2.75, 3.05) is 0 Å². The second-order valence-corrected chi connectivity index (χ2v) is 4.55. The van der Waals surface area contributed by atoms with E-state index in [1.54, 1.807) is 6.92 Å². The smallest absolute Gasteiger partial charge is 0.273 e. The predicted molar refractivity (Wildman–Crippen MR) is 46.3 cm³/mol. The standard InChI is InChI=1S/C7H13NO4S/c1-3-4-6-5(2)7(9)8(6)13(10,11)12/h5-6H,3-4H2,1-2H3,(H,10,11,12)/t5-,6+/m0/s1. The monoisotopic (exact) mass is 207 g/mol. The van der Waals surface area contributed by atoms with Gasteiger partial charge in [-0.25, -0.2) is 4.31 Å². The van der Waals surface area contributed by atoms with Gasteiger partial charge in [0, 0.05) is 0 Å². The Morgan fingerprint density at radius 3 is 2.46 bits per heavy atom. The van der Waals surface area contributed by atoms with Gasteiger partial charge in [0.25, 0.3) is 0 Å². The van der Waals surface area contributed by atoms with Gasteiger partial charge in [-0.05, 0) is 6.42 Å². The Labute approximate surface area is 77.6 Å². The normalized spacial score (nSPS) is 28.8. The second-order valence-electron chi connectivity index (χ2n) is 3.26. The van der Waals surface area contributed by atoms with Gasteiger partial charge in [0.2, 0.25) is 5.91 Å². The van der Waals surface area contributed by atoms with Gasteiger partial charge >= 0.3 is 10.3 Å². The van der Waals surface area contributed by atoms with Gasteiger partial charge in [0.15, 0.2) is 0 Å². The van der Waals surface area contributed by atoms with E-state index in [-0.39, 0.29) is 12.0 Å². The van der Waals surface area contributed by atoms with Crippen LogP contribution in [0.4, 0.5) is 0 Å². The zero-order valence-corrected chi connectivity index (χ0v) is 8.41. The van der Waals surface area contributed by atoms with E-state index < -0.39 is 16.2 Å². The van der Waals surface area contributed by atoms with Crippen molar-refractivity contribution in [1.29, 1.82) is 0 Å². The van der Waals surface area contributed by atoms with Crippen molar-refractivity contribution < 1.29 is 17.8 Å². The zero-order valence-electron chi connectivity index (χ0n) is 7.60. The molecule has 1 rings (SSSR count). The zero-order chi connectivity index (χ0) is 10.2. The maximum atomic E-state index is 11.1. The molecule has 1 N–H and O–H groups in total. The molecule has 0 aromatic heterocycles. The number of β-lactam (4-membered cyclic amide) rings is 1. The molecule has 0 aromatic carbocycles. The lowest BCUT2D eigenvalue weighted by atomic mass is 9.89. The largest absolute Gasteiger partial charge is 0.362 e. The van der Waals surface area contributed by atoms with Gasteiger partial charge in [-0.2, -0.15) is 8.42 Å². The van der Waals surface area contributed by atoms with E-state index in [1.165, 1.54) is 0 Å². The minimum atomic E-state index is -4.34. The number of rotatable bonds is 3. The van der Waals surface area contributed by atoms with E-state index in [0.29, 0.717) is 10.7 Å². The maximum Gasteiger partial charge on any atom is 0.362 e. The fraction of sp³-hybridized carbons (Fsp3) is 0.857. The molecule has 0 unspecified atom stereocenters. The van der Waals surface area contributed by atoms with Crippen LogP contribution in [0.2, 0.25) is 0 Å². The minimum absolute atomic E-state index is 0.290. The third-order valence-electron chi connectivity index (χ3n) is 2.32. The molecule has 0 saturated carbocycles. The van der Waals surface area contributed by atoms with Crippen molar-refractivity contribution in [3.63, 3.8) is 0 Å². The van der Waals surface area contributed by atoms with Crippen LogP contribution in [-0.4, -0.2) is 29.2 Å². The van der Waals surface area contributed by atoms with Gasteiger partial charge in [-0.3, -0.25) is 9.35 Å². The van der Waals surface area contributed by atoms with E-state index in [9.17, 15) is 13.2 Å². The Hall–Kier alpha value is -0.620. The van der Waals surface area contributed by atoms with Crippen LogP contribution >= 0.6 is 0 Å². The maximum absolute atomic E-state index is 11.1. The van der Waals surface area contributed by atoms with E-state index in [0.717, 1.165) is 6.42 Å². The third kappa shape index (κ3) is 1.68. The van der Waals surface area contributed by atoms with Crippen molar-refractivity contribution in [2.24, 2.45) is 5.92 Å². The number of hydrogen-bond donors (Lipinski definition) is 1. The molecule has 0 aromatic rings. The highest BCUT2D eigenvalue weighted by Crippen LogP contribution is 2.31. The molecular formula is C7H13NO4S. The van der Waals surface area contributed by atoms with Gasteiger partial charge < -0.3 is 0 Å². The summed E-state index contributed by atoms with van der Waals surface area (Å²) in [7, 11) is -4.34. The quantitative estimate of drug-likeness (QED) is 0.538. The van der Waals surface area contributed by atoms with E-state index in [2.05, 4.69) is 0 Å². The summed E-state index contributed by atoms with van der Waals surface area (Å²) >= 11 is 0. The van der Waals surface area contributed by atoms with Gasteiger partial charge in [0.05, 0.1) is 12.0 Å². The van der Waals surface area contributed by atoms with Crippen molar-refractivity contribution in [3.8, 4) is 0 Å². The van der Waals surface area contributed by atoms with Crippen molar-refractivity contribution in [2.45, 2.75) is 32.7 Å². The molecule has 13 heavy (non-hydrogen) atoms. The molecule has 0 bridgehead atoms. The Morgan fingerprint density at radius 2 is 2.08 bits per heavy atom. The average molecular weight is 207 g/mol. The van der Waals surface area contributed by atoms with Gasteiger partial charge in [-0.15, -0.1) is 0 Å². The molecule has 6 heteroatoms. The van der Waals surface area contributed by atoms with Crippen LogP contribution in [0.3, 0.4) is 0 Å². The topological polar surface area (TPSA) is 74.7 Å². The summed E-state index contributed by atoms with van der Waals surface area (Å²) in [4.78, 5) is 11.1. The molecule has 0 radical (unpaired) electrons. The molecule has 1 amide bonds. The van der Waals surface area contributed by atoms with Crippen molar-refractivity contribution in [1.82, 2.24) is 4.31 Å². The SMILES string of the molecule is CCC[C@@H]1[C@H](C)C(=O)N1S(=O)(=O)O. The summed E-state index contributed by atoms with van der Waals surface area (Å²) in [5.74, 6) is -0.803. The first-order valence-electron chi connectivity index (χ1n) is 4.20. The molecule has 1 saturated heterocycles. The second kappa shape index (κ2) is 3.26. The molecule has 2 atom stereocenters. The van der Waals surface area contributed by atoms with Crippen LogP contribution in [-0.2, 0) is 15.1 Å². The molecule has 1 aliphatic heterocycles. The van der Waals surface area contributed by atoms with Crippen molar-refractivity contribution >= 4 is 16.2 Å². The fourth-order valence-electron chi connectivity index (χ4n) is 1.60. The summed E-state index contributed by atoms with van der Waals surface area (Å²) in [5, 5.41) is 0. The van der Waals surface area contributed by atoms with E-state index in [4.69, 9.17) is 4.55 Å². The van der Waals surface area contributed by atoms with E-state index in [1.807, 2.05) is 6.92 Å². The van der Waals surface area contributed by atoms with Gasteiger partial charge in [0.1, 0.15) is 0 Å². The minimum Gasteiger partial charge on any atom is -0.273 e. The highest BCUT2D eigenvalue weighted by molar-refractivity contribution is 7.84. The molecule has 76 valence electrons. The molecule has 0 aliphatic carbocycles. The highest BCUT2D eigenvalue weighted by atomic mass is 32.2. The summed E-state index contributed by atoms with van der Waals surface area (Å²) in [6.45, 7) is 3.57. The fourth-order valence-corrected chi connectivity index (χ4v) is 2.62. The number of hydrogen-bond acceptors (Lipinski definition) is 3. The van der Waals surface area contributed by atoms with Crippen molar-refractivity contribution in [3.05, 3.63) is 0 Å². The van der Waals surface area contributed by atoms with E-state index >= 15 is 0 Å². The first-order chi connectivity index (χ1) is 5.89. The number of nitrogens with zero attached hydrogens (tertiary/aromatic N) is 1. The first-order valence-corrected chi connectivity index (χ1v) is 5.60. The summed E-state index contributed by atoms with van der Waals surface area (Å²) < 4.78 is 30.7. The molecule has 1 fully saturated rings. The lowest BCUT2D eigenvalue weighted by Gasteiger charge is -2.42. The molecule has 1 heterocycles. The summed E-state index contributed by atoms with van der Waals surface area (Å²) in [5.41, 5.74) is 0. The number of carbonyl (C=O) groups is 1. The average Bonchev–Trinajstić information content (AvgIpc) is 2.01. The van der Waals surface area contributed by atoms with Crippen LogP contribution in [0, 0.1) is 5.92 Å². The lowest BCUT2D eigenvalue weighted by molar-refractivity contribution is -0.146. The Bertz CT molecular complexity index is 310. The molecular weight excluding hydrogens is 194 g/mol. The summed E-state index contributed by atoms with van der Waals surface area (Å²) in [6.07, 6.45) is 1.39. The predicted octanol–water partition coefficient (Wildman–Crippen LogP) is 0.436. The van der Waals surface area contributed by atoms with Crippen LogP contribution in [0.25, 0.3) is 0 Å². The molecule has 0 spiro atoms. The molecule has 5 nitrogen and oxygen atoms in total. The third-order valence-corrected chi connectivity index (χ3v) is 3.27. The van der Waals surface area contributed by atoms with Crippen LogP contribution in [0.5, 0.6) is 0 Å². The molecule has 1 aliphatic rings. The Morgan fingerprint density at radius 1 is 1.54 bits per heavy atom. The number of carbonyl (C=O) groups excluding carboxylic acids is 1. The van der Waals surface area contributed by atoms with Crippen LogP contribution < -0.4 is 0 Å². The van der Waals surface area contributed by atoms with Crippen LogP contribution in [0.15, 0.2) is 0 Å². The Balaban J connectivity index is 2.81. The summed E-state index contributed by atoms with van der Waals surface area (Å²) in [6, 6.07) is -0.354. The first kappa shape index (κ1) is 10.5. The lowest BCUT2D eigenvalue weighted by Crippen LogP contribution is -2.61. The Kier molecular flexibility index (Phi) is 2.63. The van der Waals surface area contributed by atoms with Gasteiger partial charge in [-0.1, -0.05) is 20.3 Å². The van der Waals surface area contributed by atoms with Crippen LogP contribution in [0.1, 0.15) is 26.7 Å². The highest BCUT2D eigenvalue weighted by Gasteiger charge is 2.49.